The minimum absolute atomic E-state index is 0.000846. The van der Waals surface area contributed by atoms with Crippen molar-refractivity contribution in [3.63, 3.8) is 0 Å². The molecule has 0 radical (unpaired) electrons. The second kappa shape index (κ2) is 10.3. The number of sulfonamides is 1. The van der Waals surface area contributed by atoms with E-state index in [4.69, 9.17) is 4.74 Å². The highest BCUT2D eigenvalue weighted by Gasteiger charge is 2.37. The summed E-state index contributed by atoms with van der Waals surface area (Å²) in [6, 6.07) is 14.5. The largest absolute Gasteiger partial charge is 0.456 e. The maximum Gasteiger partial charge on any atom is 0.345 e. The molecule has 0 saturated carbocycles. The molecule has 0 fully saturated rings. The minimum atomic E-state index is -3.89. The van der Waals surface area contributed by atoms with Gasteiger partial charge in [-0.3, -0.25) is 25.0 Å². The van der Waals surface area contributed by atoms with Crippen LogP contribution in [0.1, 0.15) is 23.6 Å². The molecule has 0 bridgehead atoms. The van der Waals surface area contributed by atoms with Crippen molar-refractivity contribution in [2.75, 3.05) is 18.5 Å². The Kier molecular flexibility index (Phi) is 7.19. The Labute approximate surface area is 204 Å². The fourth-order valence-electron chi connectivity index (χ4n) is 3.78. The van der Waals surface area contributed by atoms with Crippen molar-refractivity contribution in [1.29, 1.82) is 0 Å². The highest BCUT2D eigenvalue weighted by Crippen LogP contribution is 2.36. The van der Waals surface area contributed by atoms with Gasteiger partial charge in [0.05, 0.1) is 22.3 Å². The number of aromatic nitrogens is 1. The van der Waals surface area contributed by atoms with E-state index >= 15 is 0 Å². The predicted octanol–water partition coefficient (Wildman–Crippen LogP) is 2.91. The number of carbonyl (C=O) groups is 2. The summed E-state index contributed by atoms with van der Waals surface area (Å²) in [7, 11) is -3.89. The smallest absolute Gasteiger partial charge is 0.345 e. The minimum Gasteiger partial charge on any atom is -0.456 e. The molecule has 11 nitrogen and oxygen atoms in total. The van der Waals surface area contributed by atoms with E-state index < -0.39 is 39.5 Å². The van der Waals surface area contributed by atoms with Crippen molar-refractivity contribution in [3.8, 4) is 0 Å². The molecule has 1 unspecified atom stereocenters. The van der Waals surface area contributed by atoms with Crippen molar-refractivity contribution >= 4 is 43.4 Å². The molecule has 0 spiro atoms. The monoisotopic (exact) mass is 516 g/mol. The normalized spacial score (nSPS) is 15.7. The van der Waals surface area contributed by atoms with Gasteiger partial charge in [0.1, 0.15) is 6.20 Å². The van der Waals surface area contributed by atoms with E-state index in [9.17, 15) is 28.1 Å². The summed E-state index contributed by atoms with van der Waals surface area (Å²) in [5.74, 6) is -1.49. The Morgan fingerprint density at radius 3 is 2.60 bits per heavy atom. The van der Waals surface area contributed by atoms with Gasteiger partial charge >= 0.3 is 11.0 Å². The summed E-state index contributed by atoms with van der Waals surface area (Å²) >= 11 is 0.669. The van der Waals surface area contributed by atoms with E-state index in [1.807, 2.05) is 12.1 Å². The van der Waals surface area contributed by atoms with E-state index in [1.165, 1.54) is 16.4 Å². The van der Waals surface area contributed by atoms with Crippen LogP contribution < -0.4 is 5.32 Å². The van der Waals surface area contributed by atoms with Gasteiger partial charge in [0.15, 0.2) is 11.7 Å². The van der Waals surface area contributed by atoms with E-state index in [-0.39, 0.29) is 28.0 Å². The van der Waals surface area contributed by atoms with E-state index in [1.54, 1.807) is 30.3 Å². The van der Waals surface area contributed by atoms with Crippen LogP contribution in [0.25, 0.3) is 0 Å². The number of hydrogen-bond acceptors (Lipinski definition) is 9. The van der Waals surface area contributed by atoms with Gasteiger partial charge in [-0.2, -0.15) is 4.31 Å². The van der Waals surface area contributed by atoms with Crippen molar-refractivity contribution < 1.29 is 27.7 Å². The number of benzene rings is 2. The second-order valence-electron chi connectivity index (χ2n) is 7.57. The maximum atomic E-state index is 13.4. The number of carbonyl (C=O) groups excluding carboxylic acids is 2. The van der Waals surface area contributed by atoms with Crippen molar-refractivity contribution in [2.24, 2.45) is 0 Å². The number of esters is 1. The Morgan fingerprint density at radius 2 is 1.89 bits per heavy atom. The Balaban J connectivity index is 1.47. The number of anilines is 1. The summed E-state index contributed by atoms with van der Waals surface area (Å²) < 4.78 is 33.1. The number of nitrogens with one attached hydrogen (secondary N) is 1. The molecule has 1 aliphatic rings. The van der Waals surface area contributed by atoms with Gasteiger partial charge in [0.2, 0.25) is 10.0 Å². The van der Waals surface area contributed by atoms with Gasteiger partial charge in [0.25, 0.3) is 5.91 Å². The first-order valence-electron chi connectivity index (χ1n) is 10.5. The number of rotatable bonds is 8. The number of thiazole rings is 1. The van der Waals surface area contributed by atoms with Gasteiger partial charge in [-0.05, 0) is 41.0 Å². The Hall–Kier alpha value is -3.68. The average molecular weight is 517 g/mol. The molecular formula is C22H20N4O7S2. The molecule has 1 aliphatic heterocycles. The molecule has 3 aromatic rings. The van der Waals surface area contributed by atoms with Crippen LogP contribution in [0.4, 0.5) is 10.1 Å². The first-order chi connectivity index (χ1) is 16.8. The fourth-order valence-corrected chi connectivity index (χ4v) is 6.06. The third-order valence-electron chi connectivity index (χ3n) is 5.36. The van der Waals surface area contributed by atoms with Crippen LogP contribution in [0.2, 0.25) is 0 Å². The highest BCUT2D eigenvalue weighted by atomic mass is 32.2. The van der Waals surface area contributed by atoms with Crippen LogP contribution >= 0.6 is 11.3 Å². The number of nitrogens with zero attached hydrogens (tertiary/aromatic N) is 3. The van der Waals surface area contributed by atoms with Crippen LogP contribution in [0.5, 0.6) is 0 Å². The van der Waals surface area contributed by atoms with Crippen LogP contribution in [-0.2, 0) is 30.8 Å². The topological polar surface area (TPSA) is 149 Å². The zero-order valence-electron chi connectivity index (χ0n) is 18.2. The van der Waals surface area contributed by atoms with Gasteiger partial charge < -0.3 is 4.74 Å². The summed E-state index contributed by atoms with van der Waals surface area (Å²) in [6.07, 6.45) is 1.21. The highest BCUT2D eigenvalue weighted by molar-refractivity contribution is 7.89. The summed E-state index contributed by atoms with van der Waals surface area (Å²) in [5, 5.41) is 12.8. The van der Waals surface area contributed by atoms with Crippen molar-refractivity contribution in [3.05, 3.63) is 82.0 Å². The van der Waals surface area contributed by atoms with Crippen LogP contribution in [0, 0.1) is 10.1 Å². The average Bonchev–Trinajstić information content (AvgIpc) is 3.32. The number of nitro groups is 1. The molecule has 0 saturated heterocycles. The van der Waals surface area contributed by atoms with Gasteiger partial charge in [0, 0.05) is 6.54 Å². The summed E-state index contributed by atoms with van der Waals surface area (Å²) in [6.45, 7) is -0.457. The lowest BCUT2D eigenvalue weighted by Gasteiger charge is -2.36. The van der Waals surface area contributed by atoms with E-state index in [0.717, 1.165) is 11.8 Å². The van der Waals surface area contributed by atoms with Crippen LogP contribution in [0.15, 0.2) is 65.7 Å². The first-order valence-corrected chi connectivity index (χ1v) is 12.7. The standard InChI is InChI=1S/C22H20N4O7S2/c27-19(24-22-23-13-20(34-22)26(29)30)14-33-21(28)12-18-17-9-5-4-6-15(17)10-11-25(18)35(31,32)16-7-2-1-3-8-16/h1-9,13,18H,10-12,14H2,(H,23,24,27). The zero-order chi connectivity index (χ0) is 25.0. The molecule has 2 heterocycles. The van der Waals surface area contributed by atoms with Gasteiger partial charge in [-0.15, -0.1) is 0 Å². The maximum absolute atomic E-state index is 13.4. The summed E-state index contributed by atoms with van der Waals surface area (Å²) in [5.41, 5.74) is 1.64. The lowest BCUT2D eigenvalue weighted by atomic mass is 9.92. The number of hydrogen-bond donors (Lipinski definition) is 1. The third-order valence-corrected chi connectivity index (χ3v) is 8.14. The zero-order valence-corrected chi connectivity index (χ0v) is 19.8. The van der Waals surface area contributed by atoms with Crippen molar-refractivity contribution in [2.45, 2.75) is 23.8 Å². The van der Waals surface area contributed by atoms with Crippen LogP contribution in [-0.4, -0.2) is 47.7 Å². The molecule has 182 valence electrons. The van der Waals surface area contributed by atoms with E-state index in [2.05, 4.69) is 10.3 Å². The second-order valence-corrected chi connectivity index (χ2v) is 10.5. The molecule has 1 amide bonds. The molecule has 1 aromatic heterocycles. The van der Waals surface area contributed by atoms with Gasteiger partial charge in [-0.1, -0.05) is 42.5 Å². The molecule has 2 aromatic carbocycles. The van der Waals surface area contributed by atoms with Gasteiger partial charge in [-0.25, -0.2) is 13.4 Å². The lowest BCUT2D eigenvalue weighted by molar-refractivity contribution is -0.380. The predicted molar refractivity (Wildman–Crippen MR) is 126 cm³/mol. The third kappa shape index (κ3) is 5.53. The fraction of sp³-hybridized carbons (Fsp3) is 0.227. The summed E-state index contributed by atoms with van der Waals surface area (Å²) in [4.78, 5) is 38.7. The molecular weight excluding hydrogens is 496 g/mol. The SMILES string of the molecule is O=C(COC(=O)CC1c2ccccc2CCN1S(=O)(=O)c1ccccc1)Nc1ncc([N+](=O)[O-])s1. The molecule has 0 aliphatic carbocycles. The lowest BCUT2D eigenvalue weighted by Crippen LogP contribution is -2.41. The first kappa shape index (κ1) is 24.4. The molecule has 13 heteroatoms. The molecule has 1 N–H and O–H groups in total. The number of ether oxygens (including phenoxy) is 1. The number of fused-ring (bicyclic) bond motifs is 1. The Bertz CT molecular complexity index is 1360. The Morgan fingerprint density at radius 1 is 1.17 bits per heavy atom. The quantitative estimate of drug-likeness (QED) is 0.273. The number of amides is 1. The molecule has 4 rings (SSSR count). The van der Waals surface area contributed by atoms with Crippen LogP contribution in [0.3, 0.4) is 0 Å². The van der Waals surface area contributed by atoms with E-state index in [0.29, 0.717) is 23.3 Å². The molecule has 35 heavy (non-hydrogen) atoms. The van der Waals surface area contributed by atoms with Crippen molar-refractivity contribution in [1.82, 2.24) is 9.29 Å². The molecule has 1 atom stereocenters.